The first-order valence-electron chi connectivity index (χ1n) is 9.68. The maximum atomic E-state index is 12.4. The predicted octanol–water partition coefficient (Wildman–Crippen LogP) is 3.32. The number of benzene rings is 1. The van der Waals surface area contributed by atoms with Gasteiger partial charge in [0.05, 0.1) is 12.6 Å². The lowest BCUT2D eigenvalue weighted by molar-refractivity contribution is -0.122. The zero-order chi connectivity index (χ0) is 17.7. The van der Waals surface area contributed by atoms with Crippen molar-refractivity contribution in [3.05, 3.63) is 35.4 Å². The van der Waals surface area contributed by atoms with E-state index in [9.17, 15) is 4.79 Å². The molecule has 3 rings (SSSR count). The summed E-state index contributed by atoms with van der Waals surface area (Å²) in [4.78, 5) is 14.9. The summed E-state index contributed by atoms with van der Waals surface area (Å²) in [7, 11) is 1.78. The number of rotatable bonds is 6. The molecule has 1 saturated heterocycles. The maximum Gasteiger partial charge on any atom is 0.221 e. The molecule has 4 heteroatoms. The fraction of sp³-hybridized carbons (Fsp3) is 0.667. The number of amides is 1. The normalized spacial score (nSPS) is 23.0. The smallest absolute Gasteiger partial charge is 0.221 e. The predicted molar refractivity (Wildman–Crippen MR) is 101 cm³/mol. The van der Waals surface area contributed by atoms with E-state index >= 15 is 0 Å². The highest BCUT2D eigenvalue weighted by atomic mass is 16.5. The fourth-order valence-electron chi connectivity index (χ4n) is 4.24. The third-order valence-corrected chi connectivity index (χ3v) is 5.92. The van der Waals surface area contributed by atoms with Crippen LogP contribution in [0.25, 0.3) is 0 Å². The molecule has 0 saturated carbocycles. The molecule has 0 radical (unpaired) electrons. The number of nitrogens with zero attached hydrogens (tertiary/aromatic N) is 1. The van der Waals surface area contributed by atoms with Gasteiger partial charge in [-0.25, -0.2) is 0 Å². The average molecular weight is 344 g/mol. The molecule has 1 N–H and O–H groups in total. The Labute approximate surface area is 151 Å². The first-order chi connectivity index (χ1) is 12.1. The van der Waals surface area contributed by atoms with E-state index in [2.05, 4.69) is 41.4 Å². The van der Waals surface area contributed by atoms with Crippen molar-refractivity contribution in [1.82, 2.24) is 10.2 Å². The van der Waals surface area contributed by atoms with E-state index in [-0.39, 0.29) is 11.9 Å². The van der Waals surface area contributed by atoms with Crippen molar-refractivity contribution in [2.24, 2.45) is 5.41 Å². The highest BCUT2D eigenvalue weighted by Crippen LogP contribution is 2.31. The van der Waals surface area contributed by atoms with Gasteiger partial charge in [-0.05, 0) is 61.7 Å². The molecule has 1 aliphatic heterocycles. The van der Waals surface area contributed by atoms with Crippen LogP contribution in [0.3, 0.4) is 0 Å². The molecule has 4 nitrogen and oxygen atoms in total. The monoisotopic (exact) mass is 344 g/mol. The number of methoxy groups -OCH3 is 1. The topological polar surface area (TPSA) is 41.6 Å². The lowest BCUT2D eigenvalue weighted by Crippen LogP contribution is -2.42. The van der Waals surface area contributed by atoms with Gasteiger partial charge in [0, 0.05) is 20.1 Å². The second kappa shape index (κ2) is 8.33. The summed E-state index contributed by atoms with van der Waals surface area (Å²) in [6.07, 6.45) is 6.25. The second-order valence-corrected chi connectivity index (χ2v) is 8.05. The molecule has 1 aliphatic carbocycles. The quantitative estimate of drug-likeness (QED) is 0.861. The molecule has 0 aromatic heterocycles. The van der Waals surface area contributed by atoms with Gasteiger partial charge in [-0.3, -0.25) is 4.79 Å². The molecule has 1 aromatic rings. The van der Waals surface area contributed by atoms with Crippen LogP contribution < -0.4 is 5.32 Å². The Morgan fingerprint density at radius 3 is 2.84 bits per heavy atom. The average Bonchev–Trinajstić information content (AvgIpc) is 2.62. The minimum absolute atomic E-state index is 0.187. The fourth-order valence-corrected chi connectivity index (χ4v) is 4.24. The van der Waals surface area contributed by atoms with Crippen LogP contribution in [-0.2, 0) is 16.0 Å². The Hall–Kier alpha value is -1.39. The zero-order valence-electron chi connectivity index (χ0n) is 15.7. The van der Waals surface area contributed by atoms with Gasteiger partial charge >= 0.3 is 0 Å². The van der Waals surface area contributed by atoms with Crippen LogP contribution in [0.15, 0.2) is 24.3 Å². The summed E-state index contributed by atoms with van der Waals surface area (Å²) >= 11 is 0. The summed E-state index contributed by atoms with van der Waals surface area (Å²) in [5, 5.41) is 3.27. The number of nitrogens with one attached hydrogen (secondary N) is 1. The number of carbonyl (C=O) groups is 1. The molecule has 138 valence electrons. The number of piperidine rings is 1. The van der Waals surface area contributed by atoms with Crippen molar-refractivity contribution in [3.8, 4) is 0 Å². The molecule has 1 amide bonds. The standard InChI is InChI=1S/C21H32N2O2/c1-21(16-25-2)11-14-23(15-12-21)13-10-20(24)22-19-9-5-7-17-6-3-4-8-18(17)19/h3-4,6,8,19H,5,7,9-16H2,1-2H3,(H,22,24)/t19-/m0/s1. The van der Waals surface area contributed by atoms with Crippen molar-refractivity contribution in [1.29, 1.82) is 0 Å². The number of aryl methyl sites for hydroxylation is 1. The highest BCUT2D eigenvalue weighted by Gasteiger charge is 2.30. The van der Waals surface area contributed by atoms with E-state index in [0.29, 0.717) is 11.8 Å². The molecule has 1 heterocycles. The van der Waals surface area contributed by atoms with Gasteiger partial charge in [0.1, 0.15) is 0 Å². The van der Waals surface area contributed by atoms with E-state index in [1.54, 1.807) is 7.11 Å². The number of ether oxygens (including phenoxy) is 1. The lowest BCUT2D eigenvalue weighted by Gasteiger charge is -2.39. The molecule has 1 fully saturated rings. The molecular formula is C21H32N2O2. The van der Waals surface area contributed by atoms with Crippen molar-refractivity contribution in [3.63, 3.8) is 0 Å². The van der Waals surface area contributed by atoms with Crippen LogP contribution in [0.1, 0.15) is 56.2 Å². The van der Waals surface area contributed by atoms with Crippen molar-refractivity contribution >= 4 is 5.91 Å². The van der Waals surface area contributed by atoms with Gasteiger partial charge in [0.25, 0.3) is 0 Å². The molecule has 1 atom stereocenters. The third kappa shape index (κ3) is 4.83. The van der Waals surface area contributed by atoms with Crippen LogP contribution in [-0.4, -0.2) is 44.2 Å². The molecule has 0 unspecified atom stereocenters. The molecule has 1 aromatic carbocycles. The Morgan fingerprint density at radius 2 is 2.08 bits per heavy atom. The van der Waals surface area contributed by atoms with E-state index in [1.807, 2.05) is 0 Å². The number of hydrogen-bond donors (Lipinski definition) is 1. The van der Waals surface area contributed by atoms with Crippen LogP contribution >= 0.6 is 0 Å². The number of hydrogen-bond acceptors (Lipinski definition) is 3. The Morgan fingerprint density at radius 1 is 1.32 bits per heavy atom. The van der Waals surface area contributed by atoms with Crippen LogP contribution in [0.2, 0.25) is 0 Å². The summed E-state index contributed by atoms with van der Waals surface area (Å²) in [5.74, 6) is 0.187. The number of likely N-dealkylation sites (tertiary alicyclic amines) is 1. The minimum atomic E-state index is 0.187. The van der Waals surface area contributed by atoms with Crippen molar-refractivity contribution in [2.45, 2.75) is 51.5 Å². The molecule has 2 aliphatic rings. The zero-order valence-corrected chi connectivity index (χ0v) is 15.7. The molecular weight excluding hydrogens is 312 g/mol. The van der Waals surface area contributed by atoms with E-state index < -0.39 is 0 Å². The van der Waals surface area contributed by atoms with E-state index in [0.717, 1.165) is 58.3 Å². The van der Waals surface area contributed by atoms with Gasteiger partial charge in [-0.15, -0.1) is 0 Å². The first kappa shape index (κ1) is 18.4. The Bertz CT molecular complexity index is 579. The Kier molecular flexibility index (Phi) is 6.13. The summed E-state index contributed by atoms with van der Waals surface area (Å²) in [6.45, 7) is 6.14. The van der Waals surface area contributed by atoms with Gasteiger partial charge < -0.3 is 15.0 Å². The number of fused-ring (bicyclic) bond motifs is 1. The summed E-state index contributed by atoms with van der Waals surface area (Å²) in [5.41, 5.74) is 3.02. The summed E-state index contributed by atoms with van der Waals surface area (Å²) < 4.78 is 5.35. The van der Waals surface area contributed by atoms with Gasteiger partial charge in [0.15, 0.2) is 0 Å². The minimum Gasteiger partial charge on any atom is -0.384 e. The van der Waals surface area contributed by atoms with Crippen LogP contribution in [0, 0.1) is 5.41 Å². The summed E-state index contributed by atoms with van der Waals surface area (Å²) in [6, 6.07) is 8.73. The van der Waals surface area contributed by atoms with E-state index in [1.165, 1.54) is 11.1 Å². The van der Waals surface area contributed by atoms with E-state index in [4.69, 9.17) is 4.74 Å². The van der Waals surface area contributed by atoms with Gasteiger partial charge in [-0.2, -0.15) is 0 Å². The molecule has 25 heavy (non-hydrogen) atoms. The van der Waals surface area contributed by atoms with Crippen LogP contribution in [0.4, 0.5) is 0 Å². The lowest BCUT2D eigenvalue weighted by atomic mass is 9.81. The van der Waals surface area contributed by atoms with Crippen molar-refractivity contribution < 1.29 is 9.53 Å². The second-order valence-electron chi connectivity index (χ2n) is 8.05. The van der Waals surface area contributed by atoms with Gasteiger partial charge in [-0.1, -0.05) is 31.2 Å². The Balaban J connectivity index is 1.44. The maximum absolute atomic E-state index is 12.4. The van der Waals surface area contributed by atoms with Crippen LogP contribution in [0.5, 0.6) is 0 Å². The highest BCUT2D eigenvalue weighted by molar-refractivity contribution is 5.76. The SMILES string of the molecule is COCC1(C)CCN(CCC(=O)N[C@H]2CCCc3ccccc32)CC1. The molecule has 0 bridgehead atoms. The first-order valence-corrected chi connectivity index (χ1v) is 9.68. The molecule has 0 spiro atoms. The third-order valence-electron chi connectivity index (χ3n) is 5.92. The van der Waals surface area contributed by atoms with Crippen molar-refractivity contribution in [2.75, 3.05) is 33.4 Å². The number of carbonyl (C=O) groups excluding carboxylic acids is 1. The largest absolute Gasteiger partial charge is 0.384 e. The van der Waals surface area contributed by atoms with Gasteiger partial charge in [0.2, 0.25) is 5.91 Å².